The molecule has 20 heavy (non-hydrogen) atoms. The van der Waals surface area contributed by atoms with Crippen LogP contribution in [0.4, 0.5) is 0 Å². The van der Waals surface area contributed by atoms with Gasteiger partial charge in [-0.25, -0.2) is 4.79 Å². The first-order valence-corrected chi connectivity index (χ1v) is 5.77. The summed E-state index contributed by atoms with van der Waals surface area (Å²) < 4.78 is 5.13. The van der Waals surface area contributed by atoms with E-state index in [0.29, 0.717) is 11.3 Å². The fourth-order valence-corrected chi connectivity index (χ4v) is 1.38. The second-order valence-electron chi connectivity index (χ2n) is 4.05. The van der Waals surface area contributed by atoms with Crippen LogP contribution in [0.25, 0.3) is 0 Å². The SMILES string of the molecule is CC(O)C(NC(=O)COc1ccc(C#N)cc1)C(=O)O. The van der Waals surface area contributed by atoms with E-state index in [1.54, 1.807) is 0 Å². The summed E-state index contributed by atoms with van der Waals surface area (Å²) in [4.78, 5) is 22.3. The number of carbonyl (C=O) groups excluding carboxylic acids is 1. The van der Waals surface area contributed by atoms with Gasteiger partial charge in [-0.05, 0) is 31.2 Å². The van der Waals surface area contributed by atoms with E-state index < -0.39 is 24.0 Å². The van der Waals surface area contributed by atoms with Crippen LogP contribution in [0.2, 0.25) is 0 Å². The standard InChI is InChI=1S/C13H14N2O5/c1-8(16)12(13(18)19)15-11(17)7-20-10-4-2-9(6-14)3-5-10/h2-5,8,12,16H,7H2,1H3,(H,15,17)(H,18,19). The predicted molar refractivity (Wildman–Crippen MR) is 67.9 cm³/mol. The molecule has 0 radical (unpaired) electrons. The molecule has 1 rings (SSSR count). The molecule has 0 spiro atoms. The summed E-state index contributed by atoms with van der Waals surface area (Å²) in [7, 11) is 0. The number of aliphatic hydroxyl groups excluding tert-OH is 1. The highest BCUT2D eigenvalue weighted by Gasteiger charge is 2.24. The number of ether oxygens (including phenoxy) is 1. The molecule has 0 saturated carbocycles. The van der Waals surface area contributed by atoms with Crippen molar-refractivity contribution in [3.63, 3.8) is 0 Å². The normalized spacial score (nSPS) is 12.8. The van der Waals surface area contributed by atoms with Crippen LogP contribution in [0.5, 0.6) is 5.75 Å². The average molecular weight is 278 g/mol. The lowest BCUT2D eigenvalue weighted by Gasteiger charge is -2.17. The molecule has 1 aromatic rings. The van der Waals surface area contributed by atoms with Crippen LogP contribution in [-0.2, 0) is 9.59 Å². The van der Waals surface area contributed by atoms with Gasteiger partial charge in [-0.3, -0.25) is 4.79 Å². The Bertz CT molecular complexity index is 519. The lowest BCUT2D eigenvalue weighted by molar-refractivity contribution is -0.145. The summed E-state index contributed by atoms with van der Waals surface area (Å²) in [5.74, 6) is -1.61. The third-order valence-corrected chi connectivity index (χ3v) is 2.42. The molecule has 2 unspecified atom stereocenters. The van der Waals surface area contributed by atoms with Gasteiger partial charge in [0.2, 0.25) is 0 Å². The Morgan fingerprint density at radius 2 is 2.00 bits per heavy atom. The van der Waals surface area contributed by atoms with Gasteiger partial charge in [0.1, 0.15) is 5.75 Å². The summed E-state index contributed by atoms with van der Waals surface area (Å²) in [5, 5.41) is 28.8. The second kappa shape index (κ2) is 7.11. The zero-order valence-corrected chi connectivity index (χ0v) is 10.7. The van der Waals surface area contributed by atoms with Crippen molar-refractivity contribution in [2.45, 2.75) is 19.1 Å². The molecule has 7 nitrogen and oxygen atoms in total. The first-order chi connectivity index (χ1) is 9.43. The Morgan fingerprint density at radius 3 is 2.45 bits per heavy atom. The number of nitrogens with zero attached hydrogens (tertiary/aromatic N) is 1. The number of amides is 1. The lowest BCUT2D eigenvalue weighted by atomic mass is 10.2. The molecule has 0 aliphatic heterocycles. The first kappa shape index (κ1) is 15.5. The minimum absolute atomic E-state index is 0.378. The van der Waals surface area contributed by atoms with Crippen LogP contribution >= 0.6 is 0 Å². The maximum atomic E-state index is 11.5. The number of rotatable bonds is 6. The number of hydrogen-bond acceptors (Lipinski definition) is 5. The van der Waals surface area contributed by atoms with E-state index >= 15 is 0 Å². The van der Waals surface area contributed by atoms with Crippen molar-refractivity contribution >= 4 is 11.9 Å². The van der Waals surface area contributed by atoms with Crippen LogP contribution in [0.15, 0.2) is 24.3 Å². The number of carbonyl (C=O) groups is 2. The smallest absolute Gasteiger partial charge is 0.328 e. The summed E-state index contributed by atoms with van der Waals surface area (Å²) in [6.07, 6.45) is -1.22. The molecular weight excluding hydrogens is 264 g/mol. The molecule has 0 fully saturated rings. The monoisotopic (exact) mass is 278 g/mol. The number of carboxylic acids is 1. The zero-order chi connectivity index (χ0) is 15.1. The molecule has 2 atom stereocenters. The molecule has 3 N–H and O–H groups in total. The molecule has 1 amide bonds. The van der Waals surface area contributed by atoms with Gasteiger partial charge in [-0.15, -0.1) is 0 Å². The molecule has 0 aliphatic rings. The highest BCUT2D eigenvalue weighted by atomic mass is 16.5. The third-order valence-electron chi connectivity index (χ3n) is 2.42. The van der Waals surface area contributed by atoms with Crippen molar-refractivity contribution < 1.29 is 24.5 Å². The van der Waals surface area contributed by atoms with Crippen molar-refractivity contribution in [1.29, 1.82) is 5.26 Å². The Kier molecular flexibility index (Phi) is 5.50. The molecule has 0 bridgehead atoms. The number of aliphatic carboxylic acids is 1. The maximum Gasteiger partial charge on any atom is 0.328 e. The van der Waals surface area contributed by atoms with Gasteiger partial charge >= 0.3 is 5.97 Å². The van der Waals surface area contributed by atoms with E-state index in [1.165, 1.54) is 31.2 Å². The van der Waals surface area contributed by atoms with Crippen molar-refractivity contribution in [3.8, 4) is 11.8 Å². The fourth-order valence-electron chi connectivity index (χ4n) is 1.38. The van der Waals surface area contributed by atoms with Crippen LogP contribution in [0.1, 0.15) is 12.5 Å². The van der Waals surface area contributed by atoms with Gasteiger partial charge < -0.3 is 20.3 Å². The first-order valence-electron chi connectivity index (χ1n) is 5.77. The van der Waals surface area contributed by atoms with E-state index in [0.717, 1.165) is 0 Å². The second-order valence-corrected chi connectivity index (χ2v) is 4.05. The van der Waals surface area contributed by atoms with Crippen LogP contribution < -0.4 is 10.1 Å². The zero-order valence-electron chi connectivity index (χ0n) is 10.7. The van der Waals surface area contributed by atoms with Crippen LogP contribution in [0.3, 0.4) is 0 Å². The summed E-state index contributed by atoms with van der Waals surface area (Å²) in [5.41, 5.74) is 0.460. The Morgan fingerprint density at radius 1 is 1.40 bits per heavy atom. The van der Waals surface area contributed by atoms with E-state index in [9.17, 15) is 14.7 Å². The van der Waals surface area contributed by atoms with E-state index in [-0.39, 0.29) is 6.61 Å². The lowest BCUT2D eigenvalue weighted by Crippen LogP contribution is -2.49. The maximum absolute atomic E-state index is 11.5. The number of aliphatic hydroxyl groups is 1. The van der Waals surface area contributed by atoms with E-state index in [4.69, 9.17) is 15.1 Å². The summed E-state index contributed by atoms with van der Waals surface area (Å²) in [6, 6.07) is 6.67. The molecule has 0 aliphatic carbocycles. The van der Waals surface area contributed by atoms with Gasteiger partial charge in [0.25, 0.3) is 5.91 Å². The van der Waals surface area contributed by atoms with Gasteiger partial charge in [-0.2, -0.15) is 5.26 Å². The molecule has 0 saturated heterocycles. The molecule has 0 heterocycles. The van der Waals surface area contributed by atoms with Crippen molar-refractivity contribution in [1.82, 2.24) is 5.32 Å². The van der Waals surface area contributed by atoms with E-state index in [2.05, 4.69) is 5.32 Å². The molecule has 1 aromatic carbocycles. The Labute approximate surface area is 115 Å². The third kappa shape index (κ3) is 4.59. The number of nitriles is 1. The van der Waals surface area contributed by atoms with E-state index in [1.807, 2.05) is 6.07 Å². The van der Waals surface area contributed by atoms with Crippen molar-refractivity contribution in [3.05, 3.63) is 29.8 Å². The summed E-state index contributed by atoms with van der Waals surface area (Å²) in [6.45, 7) is 0.878. The fraction of sp³-hybridized carbons (Fsp3) is 0.308. The minimum atomic E-state index is -1.38. The van der Waals surface area contributed by atoms with Crippen LogP contribution in [-0.4, -0.2) is 40.8 Å². The number of carboxylic acid groups (broad SMARTS) is 1. The van der Waals surface area contributed by atoms with Gasteiger partial charge in [-0.1, -0.05) is 0 Å². The highest BCUT2D eigenvalue weighted by Crippen LogP contribution is 2.11. The molecule has 0 aromatic heterocycles. The molecular formula is C13H14N2O5. The Balaban J connectivity index is 2.50. The number of hydrogen-bond donors (Lipinski definition) is 3. The average Bonchev–Trinajstić information content (AvgIpc) is 2.42. The van der Waals surface area contributed by atoms with Crippen molar-refractivity contribution in [2.24, 2.45) is 0 Å². The highest BCUT2D eigenvalue weighted by molar-refractivity contribution is 5.84. The predicted octanol–water partition coefficient (Wildman–Crippen LogP) is -0.113. The number of benzene rings is 1. The summed E-state index contributed by atoms with van der Waals surface area (Å²) >= 11 is 0. The molecule has 7 heteroatoms. The topological polar surface area (TPSA) is 120 Å². The number of nitrogens with one attached hydrogen (secondary N) is 1. The largest absolute Gasteiger partial charge is 0.484 e. The molecule has 106 valence electrons. The van der Waals surface area contributed by atoms with Gasteiger partial charge in [0.15, 0.2) is 12.6 Å². The quantitative estimate of drug-likeness (QED) is 0.667. The minimum Gasteiger partial charge on any atom is -0.484 e. The van der Waals surface area contributed by atoms with Gasteiger partial charge in [0, 0.05) is 0 Å². The van der Waals surface area contributed by atoms with Gasteiger partial charge in [0.05, 0.1) is 17.7 Å². The van der Waals surface area contributed by atoms with Crippen LogP contribution in [0, 0.1) is 11.3 Å². The Hall–Kier alpha value is -2.59. The van der Waals surface area contributed by atoms with Crippen molar-refractivity contribution in [2.75, 3.05) is 6.61 Å².